The third kappa shape index (κ3) is 2.59. The van der Waals surface area contributed by atoms with Crippen LogP contribution in [0.4, 0.5) is 4.39 Å². The maximum absolute atomic E-state index is 14.0. The van der Waals surface area contributed by atoms with Crippen molar-refractivity contribution < 1.29 is 14.3 Å². The summed E-state index contributed by atoms with van der Waals surface area (Å²) >= 11 is 11.8. The maximum atomic E-state index is 14.0. The minimum absolute atomic E-state index is 0.0195. The van der Waals surface area contributed by atoms with Crippen molar-refractivity contribution in [2.24, 2.45) is 0 Å². The average molecular weight is 315 g/mol. The molecule has 1 aromatic carbocycles. The van der Waals surface area contributed by atoms with Crippen LogP contribution in [0.3, 0.4) is 0 Å². The summed E-state index contributed by atoms with van der Waals surface area (Å²) in [5.74, 6) is -1.94. The Labute approximate surface area is 124 Å². The molecule has 0 unspecified atom stereocenters. The van der Waals surface area contributed by atoms with Gasteiger partial charge >= 0.3 is 5.97 Å². The molecule has 0 fully saturated rings. The summed E-state index contributed by atoms with van der Waals surface area (Å²) in [5.41, 5.74) is 0.475. The van der Waals surface area contributed by atoms with Crippen molar-refractivity contribution in [1.82, 2.24) is 9.97 Å². The first kappa shape index (κ1) is 14.7. The quantitative estimate of drug-likeness (QED) is 0.934. The first-order valence-corrected chi connectivity index (χ1v) is 6.43. The highest BCUT2D eigenvalue weighted by Gasteiger charge is 2.19. The first-order valence-electron chi connectivity index (χ1n) is 5.67. The van der Waals surface area contributed by atoms with Crippen molar-refractivity contribution >= 4 is 29.2 Å². The van der Waals surface area contributed by atoms with Gasteiger partial charge in [-0.2, -0.15) is 0 Å². The normalized spacial score (nSPS) is 10.6. The van der Waals surface area contributed by atoms with Crippen LogP contribution in [0.1, 0.15) is 23.0 Å². The predicted octanol–water partition coefficient (Wildman–Crippen LogP) is 3.85. The number of carbonyl (C=O) groups is 1. The van der Waals surface area contributed by atoms with Crippen LogP contribution in [-0.2, 0) is 6.42 Å². The summed E-state index contributed by atoms with van der Waals surface area (Å²) in [6.45, 7) is 1.85. The van der Waals surface area contributed by atoms with E-state index in [-0.39, 0.29) is 26.9 Å². The van der Waals surface area contributed by atoms with Crippen molar-refractivity contribution in [1.29, 1.82) is 0 Å². The molecule has 2 rings (SSSR count). The van der Waals surface area contributed by atoms with Crippen LogP contribution < -0.4 is 0 Å². The molecule has 1 N–H and O–H groups in total. The lowest BCUT2D eigenvalue weighted by Gasteiger charge is -2.09. The van der Waals surface area contributed by atoms with Crippen LogP contribution in [0.5, 0.6) is 0 Å². The van der Waals surface area contributed by atoms with Crippen LogP contribution in [-0.4, -0.2) is 21.0 Å². The molecule has 1 heterocycles. The summed E-state index contributed by atoms with van der Waals surface area (Å²) in [6.07, 6.45) is 1.81. The van der Waals surface area contributed by atoms with E-state index in [1.165, 1.54) is 6.33 Å². The molecule has 20 heavy (non-hydrogen) atoms. The van der Waals surface area contributed by atoms with Crippen LogP contribution in [0.2, 0.25) is 10.0 Å². The monoisotopic (exact) mass is 314 g/mol. The minimum Gasteiger partial charge on any atom is -0.478 e. The van der Waals surface area contributed by atoms with E-state index in [9.17, 15) is 9.18 Å². The molecular formula is C13H9Cl2FN2O2. The molecule has 0 aliphatic carbocycles. The van der Waals surface area contributed by atoms with Crippen LogP contribution in [0.15, 0.2) is 18.5 Å². The second-order valence-electron chi connectivity index (χ2n) is 3.95. The summed E-state index contributed by atoms with van der Waals surface area (Å²) < 4.78 is 14.0. The number of benzene rings is 1. The standard InChI is InChI=1S/C13H9Cl2FN2O2/c1-2-10-11(15)12(18-5-17-10)7-3-6(13(19)20)8(14)4-9(7)16/h3-5H,2H2,1H3,(H,19,20). The molecule has 0 atom stereocenters. The molecule has 0 amide bonds. The molecule has 1 aromatic heterocycles. The predicted molar refractivity (Wildman–Crippen MR) is 73.8 cm³/mol. The second kappa shape index (κ2) is 5.73. The number of carboxylic acids is 1. The second-order valence-corrected chi connectivity index (χ2v) is 4.74. The zero-order chi connectivity index (χ0) is 14.9. The van der Waals surface area contributed by atoms with Gasteiger partial charge in [-0.25, -0.2) is 19.2 Å². The maximum Gasteiger partial charge on any atom is 0.337 e. The highest BCUT2D eigenvalue weighted by molar-refractivity contribution is 6.34. The highest BCUT2D eigenvalue weighted by Crippen LogP contribution is 2.32. The van der Waals surface area contributed by atoms with E-state index in [1.807, 2.05) is 6.92 Å². The van der Waals surface area contributed by atoms with Crippen molar-refractivity contribution in [3.63, 3.8) is 0 Å². The molecular weight excluding hydrogens is 306 g/mol. The average Bonchev–Trinajstić information content (AvgIpc) is 2.39. The Morgan fingerprint density at radius 2 is 2.05 bits per heavy atom. The molecule has 4 nitrogen and oxygen atoms in total. The van der Waals surface area contributed by atoms with Crippen molar-refractivity contribution in [2.45, 2.75) is 13.3 Å². The van der Waals surface area contributed by atoms with Gasteiger partial charge < -0.3 is 5.11 Å². The van der Waals surface area contributed by atoms with Gasteiger partial charge in [-0.05, 0) is 18.6 Å². The van der Waals surface area contributed by atoms with Crippen LogP contribution in [0, 0.1) is 5.82 Å². The smallest absolute Gasteiger partial charge is 0.337 e. The van der Waals surface area contributed by atoms with Gasteiger partial charge in [0.15, 0.2) is 0 Å². The van der Waals surface area contributed by atoms with Gasteiger partial charge in [0.1, 0.15) is 12.1 Å². The van der Waals surface area contributed by atoms with Gasteiger partial charge in [0.25, 0.3) is 0 Å². The van der Waals surface area contributed by atoms with E-state index in [2.05, 4.69) is 9.97 Å². The number of aromatic carboxylic acids is 1. The Bertz CT molecular complexity index is 692. The number of nitrogens with zero attached hydrogens (tertiary/aromatic N) is 2. The van der Waals surface area contributed by atoms with Crippen molar-refractivity contribution in [3.05, 3.63) is 45.6 Å². The Balaban J connectivity index is 2.70. The number of rotatable bonds is 3. The number of halogens is 3. The van der Waals surface area contributed by atoms with E-state index >= 15 is 0 Å². The number of aromatic nitrogens is 2. The van der Waals surface area contributed by atoms with Gasteiger partial charge in [-0.1, -0.05) is 30.1 Å². The third-order valence-electron chi connectivity index (χ3n) is 2.74. The van der Waals surface area contributed by atoms with Gasteiger partial charge in [-0.3, -0.25) is 0 Å². The molecule has 2 aromatic rings. The molecule has 7 heteroatoms. The van der Waals surface area contributed by atoms with Crippen molar-refractivity contribution in [3.8, 4) is 11.3 Å². The molecule has 0 aliphatic heterocycles. The van der Waals surface area contributed by atoms with Crippen LogP contribution in [0.25, 0.3) is 11.3 Å². The van der Waals surface area contributed by atoms with Gasteiger partial charge in [0, 0.05) is 5.56 Å². The van der Waals surface area contributed by atoms with E-state index in [1.54, 1.807) is 0 Å². The number of carboxylic acid groups (broad SMARTS) is 1. The first-order chi connectivity index (χ1) is 9.45. The minimum atomic E-state index is -1.25. The summed E-state index contributed by atoms with van der Waals surface area (Å²) in [5, 5.41) is 9.05. The fourth-order valence-corrected chi connectivity index (χ4v) is 2.30. The number of hydrogen-bond acceptors (Lipinski definition) is 3. The van der Waals surface area contributed by atoms with Crippen LogP contribution >= 0.6 is 23.2 Å². The zero-order valence-corrected chi connectivity index (χ0v) is 11.8. The molecule has 0 radical (unpaired) electrons. The topological polar surface area (TPSA) is 63.1 Å². The molecule has 0 aliphatic rings. The summed E-state index contributed by atoms with van der Waals surface area (Å²) in [6, 6.07) is 2.05. The van der Waals surface area contributed by atoms with E-state index < -0.39 is 11.8 Å². The lowest BCUT2D eigenvalue weighted by Crippen LogP contribution is -2.01. The molecule has 0 bridgehead atoms. The highest BCUT2D eigenvalue weighted by atomic mass is 35.5. The van der Waals surface area contributed by atoms with E-state index in [0.717, 1.165) is 12.1 Å². The van der Waals surface area contributed by atoms with Crippen molar-refractivity contribution in [2.75, 3.05) is 0 Å². The Morgan fingerprint density at radius 1 is 1.35 bits per heavy atom. The fourth-order valence-electron chi connectivity index (χ4n) is 1.73. The Morgan fingerprint density at radius 3 is 2.65 bits per heavy atom. The van der Waals surface area contributed by atoms with E-state index in [4.69, 9.17) is 28.3 Å². The number of aryl methyl sites for hydroxylation is 1. The molecule has 0 saturated heterocycles. The summed E-state index contributed by atoms with van der Waals surface area (Å²) in [4.78, 5) is 19.0. The summed E-state index contributed by atoms with van der Waals surface area (Å²) in [7, 11) is 0. The lowest BCUT2D eigenvalue weighted by molar-refractivity contribution is 0.0697. The van der Waals surface area contributed by atoms with Gasteiger partial charge in [0.05, 0.1) is 27.0 Å². The Hall–Kier alpha value is -1.72. The Kier molecular flexibility index (Phi) is 4.20. The molecule has 0 spiro atoms. The molecule has 0 saturated carbocycles. The largest absolute Gasteiger partial charge is 0.478 e. The fraction of sp³-hybridized carbons (Fsp3) is 0.154. The zero-order valence-electron chi connectivity index (χ0n) is 10.3. The lowest BCUT2D eigenvalue weighted by atomic mass is 10.1. The third-order valence-corrected chi connectivity index (χ3v) is 3.45. The van der Waals surface area contributed by atoms with Gasteiger partial charge in [-0.15, -0.1) is 0 Å². The number of hydrogen-bond donors (Lipinski definition) is 1. The SMILES string of the molecule is CCc1ncnc(-c2cc(C(=O)O)c(Cl)cc2F)c1Cl. The van der Waals surface area contributed by atoms with Gasteiger partial charge in [0.2, 0.25) is 0 Å². The molecule has 104 valence electrons. The van der Waals surface area contributed by atoms with E-state index in [0.29, 0.717) is 12.1 Å².